The molecule has 0 spiro atoms. The summed E-state index contributed by atoms with van der Waals surface area (Å²) in [5, 5.41) is 2.60. The Labute approximate surface area is 88.3 Å². The monoisotopic (exact) mass is 203 g/mol. The number of thioether (sulfide) groups is 1. The first-order valence-corrected chi connectivity index (χ1v) is 5.70. The van der Waals surface area contributed by atoms with E-state index in [2.05, 4.69) is 42.5 Å². The quantitative estimate of drug-likeness (QED) is 0.776. The van der Waals surface area contributed by atoms with E-state index >= 15 is 0 Å². The third kappa shape index (κ3) is 2.08. The number of nitrogens with two attached hydrogens (primary N) is 1. The second-order valence-electron chi connectivity index (χ2n) is 3.15. The van der Waals surface area contributed by atoms with Crippen LogP contribution >= 0.6 is 11.8 Å². The summed E-state index contributed by atoms with van der Waals surface area (Å²) in [6.45, 7) is 0.734. The minimum atomic E-state index is 0.734. The maximum atomic E-state index is 5.47. The standard InChI is InChI=1S/C12H13NS/c13-7-8-14-12-6-5-10-3-1-2-4-11(10)9-12/h1-6,9H,7-8,13H2. The molecule has 0 aliphatic carbocycles. The lowest BCUT2D eigenvalue weighted by Crippen LogP contribution is -2.00. The largest absolute Gasteiger partial charge is 0.330 e. The van der Waals surface area contributed by atoms with Crippen LogP contribution in [-0.4, -0.2) is 12.3 Å². The predicted octanol–water partition coefficient (Wildman–Crippen LogP) is 2.89. The topological polar surface area (TPSA) is 26.0 Å². The van der Waals surface area contributed by atoms with Crippen LogP contribution in [-0.2, 0) is 0 Å². The molecular formula is C12H13NS. The molecule has 0 aliphatic heterocycles. The minimum Gasteiger partial charge on any atom is -0.330 e. The van der Waals surface area contributed by atoms with Crippen molar-refractivity contribution in [2.75, 3.05) is 12.3 Å². The van der Waals surface area contributed by atoms with Gasteiger partial charge < -0.3 is 5.73 Å². The van der Waals surface area contributed by atoms with E-state index in [9.17, 15) is 0 Å². The molecule has 0 radical (unpaired) electrons. The molecule has 2 heteroatoms. The van der Waals surface area contributed by atoms with E-state index in [1.54, 1.807) is 0 Å². The molecule has 0 atom stereocenters. The van der Waals surface area contributed by atoms with Gasteiger partial charge in [-0.15, -0.1) is 11.8 Å². The Kier molecular flexibility index (Phi) is 3.07. The average Bonchev–Trinajstić information content (AvgIpc) is 2.26. The minimum absolute atomic E-state index is 0.734. The highest BCUT2D eigenvalue weighted by atomic mass is 32.2. The molecule has 2 aromatic carbocycles. The molecule has 0 aromatic heterocycles. The smallest absolute Gasteiger partial charge is 0.0103 e. The van der Waals surface area contributed by atoms with Crippen LogP contribution in [0.25, 0.3) is 10.8 Å². The van der Waals surface area contributed by atoms with Gasteiger partial charge in [0.25, 0.3) is 0 Å². The molecule has 1 nitrogen and oxygen atoms in total. The summed E-state index contributed by atoms with van der Waals surface area (Å²) in [4.78, 5) is 1.30. The number of fused-ring (bicyclic) bond motifs is 1. The Morgan fingerprint density at radius 3 is 2.57 bits per heavy atom. The lowest BCUT2D eigenvalue weighted by atomic mass is 10.1. The summed E-state index contributed by atoms with van der Waals surface area (Å²) in [6, 6.07) is 14.9. The second-order valence-corrected chi connectivity index (χ2v) is 4.31. The van der Waals surface area contributed by atoms with Gasteiger partial charge in [-0.05, 0) is 22.9 Å². The maximum absolute atomic E-state index is 5.47. The van der Waals surface area contributed by atoms with Crippen LogP contribution in [0.15, 0.2) is 47.4 Å². The van der Waals surface area contributed by atoms with Gasteiger partial charge in [0.1, 0.15) is 0 Å². The van der Waals surface area contributed by atoms with Crippen molar-refractivity contribution in [3.8, 4) is 0 Å². The molecule has 2 N–H and O–H groups in total. The Morgan fingerprint density at radius 1 is 1.00 bits per heavy atom. The van der Waals surface area contributed by atoms with Gasteiger partial charge in [-0.1, -0.05) is 30.3 Å². The number of hydrogen-bond acceptors (Lipinski definition) is 2. The summed E-state index contributed by atoms with van der Waals surface area (Å²) < 4.78 is 0. The Bertz CT molecular complexity index is 425. The van der Waals surface area contributed by atoms with Crippen LogP contribution in [0.4, 0.5) is 0 Å². The number of hydrogen-bond donors (Lipinski definition) is 1. The molecule has 0 amide bonds. The normalized spacial score (nSPS) is 10.6. The zero-order valence-electron chi connectivity index (χ0n) is 7.94. The third-order valence-electron chi connectivity index (χ3n) is 2.11. The Hall–Kier alpha value is -0.990. The molecule has 72 valence electrons. The predicted molar refractivity (Wildman–Crippen MR) is 63.7 cm³/mol. The second kappa shape index (κ2) is 4.49. The third-order valence-corrected chi connectivity index (χ3v) is 3.13. The highest BCUT2D eigenvalue weighted by Gasteiger charge is 1.95. The van der Waals surface area contributed by atoms with E-state index in [1.807, 2.05) is 11.8 Å². The van der Waals surface area contributed by atoms with Crippen molar-refractivity contribution in [3.63, 3.8) is 0 Å². The van der Waals surface area contributed by atoms with Crippen LogP contribution in [0.5, 0.6) is 0 Å². The molecule has 0 saturated carbocycles. The van der Waals surface area contributed by atoms with Crippen LogP contribution in [0, 0.1) is 0 Å². The molecular weight excluding hydrogens is 190 g/mol. The summed E-state index contributed by atoms with van der Waals surface area (Å²) >= 11 is 1.81. The first kappa shape index (κ1) is 9.56. The van der Waals surface area contributed by atoms with Gasteiger partial charge in [-0.3, -0.25) is 0 Å². The van der Waals surface area contributed by atoms with E-state index in [4.69, 9.17) is 5.73 Å². The molecule has 0 unspecified atom stereocenters. The van der Waals surface area contributed by atoms with E-state index in [0.717, 1.165) is 12.3 Å². The summed E-state index contributed by atoms with van der Waals surface area (Å²) in [5.74, 6) is 0.984. The van der Waals surface area contributed by atoms with Gasteiger partial charge in [0, 0.05) is 17.2 Å². The molecule has 2 aromatic rings. The first-order valence-electron chi connectivity index (χ1n) is 4.72. The van der Waals surface area contributed by atoms with E-state index in [0.29, 0.717) is 0 Å². The van der Waals surface area contributed by atoms with Gasteiger partial charge in [-0.2, -0.15) is 0 Å². The molecule has 0 saturated heterocycles. The molecule has 0 fully saturated rings. The molecule has 14 heavy (non-hydrogen) atoms. The van der Waals surface area contributed by atoms with Gasteiger partial charge in [-0.25, -0.2) is 0 Å². The van der Waals surface area contributed by atoms with Crippen LogP contribution in [0.1, 0.15) is 0 Å². The van der Waals surface area contributed by atoms with Gasteiger partial charge in [0.2, 0.25) is 0 Å². The van der Waals surface area contributed by atoms with Crippen molar-refractivity contribution >= 4 is 22.5 Å². The average molecular weight is 203 g/mol. The van der Waals surface area contributed by atoms with Crippen LogP contribution in [0.2, 0.25) is 0 Å². The molecule has 0 bridgehead atoms. The van der Waals surface area contributed by atoms with Gasteiger partial charge in [0.05, 0.1) is 0 Å². The fourth-order valence-corrected chi connectivity index (χ4v) is 2.16. The summed E-state index contributed by atoms with van der Waals surface area (Å²) in [6.07, 6.45) is 0. The molecule has 2 rings (SSSR count). The highest BCUT2D eigenvalue weighted by molar-refractivity contribution is 7.99. The van der Waals surface area contributed by atoms with Crippen molar-refractivity contribution in [2.24, 2.45) is 5.73 Å². The van der Waals surface area contributed by atoms with Crippen molar-refractivity contribution in [1.29, 1.82) is 0 Å². The van der Waals surface area contributed by atoms with E-state index in [-0.39, 0.29) is 0 Å². The first-order chi connectivity index (χ1) is 6.90. The fraction of sp³-hybridized carbons (Fsp3) is 0.167. The summed E-state index contributed by atoms with van der Waals surface area (Å²) in [5.41, 5.74) is 5.47. The lowest BCUT2D eigenvalue weighted by molar-refractivity contribution is 1.15. The molecule has 0 aliphatic rings. The van der Waals surface area contributed by atoms with Gasteiger partial charge in [0.15, 0.2) is 0 Å². The van der Waals surface area contributed by atoms with Gasteiger partial charge >= 0.3 is 0 Å². The fourth-order valence-electron chi connectivity index (χ4n) is 1.43. The summed E-state index contributed by atoms with van der Waals surface area (Å²) in [7, 11) is 0. The highest BCUT2D eigenvalue weighted by Crippen LogP contribution is 2.22. The van der Waals surface area contributed by atoms with E-state index in [1.165, 1.54) is 15.7 Å². The molecule has 0 heterocycles. The lowest BCUT2D eigenvalue weighted by Gasteiger charge is -2.02. The van der Waals surface area contributed by atoms with Crippen molar-refractivity contribution in [3.05, 3.63) is 42.5 Å². The van der Waals surface area contributed by atoms with E-state index < -0.39 is 0 Å². The van der Waals surface area contributed by atoms with Crippen molar-refractivity contribution in [2.45, 2.75) is 4.90 Å². The SMILES string of the molecule is NCCSc1ccc2ccccc2c1. The van der Waals surface area contributed by atoms with Crippen molar-refractivity contribution < 1.29 is 0 Å². The Morgan fingerprint density at radius 2 is 1.79 bits per heavy atom. The number of benzene rings is 2. The zero-order chi connectivity index (χ0) is 9.80. The van der Waals surface area contributed by atoms with Crippen LogP contribution < -0.4 is 5.73 Å². The maximum Gasteiger partial charge on any atom is 0.0103 e. The van der Waals surface area contributed by atoms with Crippen LogP contribution in [0.3, 0.4) is 0 Å². The van der Waals surface area contributed by atoms with Crippen molar-refractivity contribution in [1.82, 2.24) is 0 Å². The Balaban J connectivity index is 2.32. The number of rotatable bonds is 3. The zero-order valence-corrected chi connectivity index (χ0v) is 8.76.